The zero-order valence-electron chi connectivity index (χ0n) is 12.2. The third-order valence-corrected chi connectivity index (χ3v) is 4.43. The van der Waals surface area contributed by atoms with Crippen molar-refractivity contribution < 1.29 is 4.79 Å². The summed E-state index contributed by atoms with van der Waals surface area (Å²) in [6.45, 7) is 6.31. The van der Waals surface area contributed by atoms with Crippen molar-refractivity contribution in [2.24, 2.45) is 5.84 Å². The molecule has 104 valence electrons. The molecule has 0 saturated heterocycles. The molecule has 1 aromatic rings. The molecule has 3 heteroatoms. The third-order valence-electron chi connectivity index (χ3n) is 4.43. The van der Waals surface area contributed by atoms with Crippen molar-refractivity contribution in [1.29, 1.82) is 0 Å². The van der Waals surface area contributed by atoms with Crippen molar-refractivity contribution in [2.75, 3.05) is 0 Å². The first-order chi connectivity index (χ1) is 9.01. The van der Waals surface area contributed by atoms with Crippen LogP contribution in [-0.4, -0.2) is 5.91 Å². The lowest BCUT2D eigenvalue weighted by molar-refractivity contribution is -0.128. The fourth-order valence-corrected chi connectivity index (χ4v) is 3.82. The van der Waals surface area contributed by atoms with E-state index in [0.717, 1.165) is 25.7 Å². The highest BCUT2D eigenvalue weighted by Crippen LogP contribution is 2.42. The summed E-state index contributed by atoms with van der Waals surface area (Å²) in [6.07, 6.45) is 5.21. The minimum Gasteiger partial charge on any atom is -0.293 e. The number of benzene rings is 1. The van der Waals surface area contributed by atoms with E-state index < -0.39 is 5.41 Å². The maximum Gasteiger partial charge on any atom is 0.244 e. The van der Waals surface area contributed by atoms with E-state index in [1.807, 2.05) is 0 Å². The number of hydrogen-bond donors (Lipinski definition) is 2. The van der Waals surface area contributed by atoms with Crippen molar-refractivity contribution in [3.05, 3.63) is 34.4 Å². The van der Waals surface area contributed by atoms with Gasteiger partial charge < -0.3 is 0 Å². The van der Waals surface area contributed by atoms with E-state index in [9.17, 15) is 4.79 Å². The molecule has 1 amide bonds. The molecule has 0 radical (unpaired) electrons. The zero-order chi connectivity index (χ0) is 14.0. The van der Waals surface area contributed by atoms with E-state index in [1.54, 1.807) is 0 Å². The summed E-state index contributed by atoms with van der Waals surface area (Å²) in [5, 5.41) is 0. The van der Waals surface area contributed by atoms with E-state index in [0.29, 0.717) is 0 Å². The SMILES string of the molecule is Cc1cc(C)c(C2(C(=O)NN)CCCCC2)c(C)c1. The number of nitrogens with one attached hydrogen (secondary N) is 1. The third kappa shape index (κ3) is 2.39. The predicted octanol–water partition coefficient (Wildman–Crippen LogP) is 2.80. The lowest BCUT2D eigenvalue weighted by Crippen LogP contribution is -2.49. The first-order valence-corrected chi connectivity index (χ1v) is 7.10. The second-order valence-electron chi connectivity index (χ2n) is 5.89. The number of amides is 1. The van der Waals surface area contributed by atoms with Gasteiger partial charge in [0.2, 0.25) is 5.91 Å². The lowest BCUT2D eigenvalue weighted by atomic mass is 9.66. The van der Waals surface area contributed by atoms with Crippen molar-refractivity contribution >= 4 is 5.91 Å². The smallest absolute Gasteiger partial charge is 0.244 e. The van der Waals surface area contributed by atoms with Gasteiger partial charge in [-0.3, -0.25) is 10.2 Å². The van der Waals surface area contributed by atoms with Gasteiger partial charge in [0.25, 0.3) is 0 Å². The molecule has 0 unspecified atom stereocenters. The topological polar surface area (TPSA) is 55.1 Å². The summed E-state index contributed by atoms with van der Waals surface area (Å²) in [5.41, 5.74) is 6.85. The minimum atomic E-state index is -0.422. The number of carbonyl (C=O) groups is 1. The van der Waals surface area contributed by atoms with Gasteiger partial charge in [-0.2, -0.15) is 0 Å². The first kappa shape index (κ1) is 14.1. The summed E-state index contributed by atoms with van der Waals surface area (Å²) < 4.78 is 0. The van der Waals surface area contributed by atoms with Crippen LogP contribution in [0.25, 0.3) is 0 Å². The Morgan fingerprint density at radius 3 is 2.11 bits per heavy atom. The Balaban J connectivity index is 2.59. The summed E-state index contributed by atoms with van der Waals surface area (Å²) in [7, 11) is 0. The van der Waals surface area contributed by atoms with Crippen LogP contribution in [-0.2, 0) is 10.2 Å². The molecular weight excluding hydrogens is 236 g/mol. The molecular formula is C16H24N2O. The van der Waals surface area contributed by atoms with Crippen LogP contribution in [0.2, 0.25) is 0 Å². The van der Waals surface area contributed by atoms with E-state index in [-0.39, 0.29) is 5.91 Å². The molecule has 0 heterocycles. The standard InChI is InChI=1S/C16H24N2O/c1-11-9-12(2)14(13(3)10-11)16(15(19)18-17)7-5-4-6-8-16/h9-10H,4-8,17H2,1-3H3,(H,18,19). The van der Waals surface area contributed by atoms with Gasteiger partial charge in [-0.15, -0.1) is 0 Å². The van der Waals surface area contributed by atoms with Gasteiger partial charge >= 0.3 is 0 Å². The average molecular weight is 260 g/mol. The van der Waals surface area contributed by atoms with E-state index in [1.165, 1.54) is 28.7 Å². The number of aryl methyl sites for hydroxylation is 3. The highest BCUT2D eigenvalue weighted by atomic mass is 16.2. The molecule has 1 aliphatic rings. The summed E-state index contributed by atoms with van der Waals surface area (Å²) in [4.78, 5) is 12.4. The molecule has 0 spiro atoms. The van der Waals surface area contributed by atoms with Crippen LogP contribution in [0.4, 0.5) is 0 Å². The molecule has 1 aliphatic carbocycles. The fraction of sp³-hybridized carbons (Fsp3) is 0.562. The van der Waals surface area contributed by atoms with Crippen LogP contribution in [0.15, 0.2) is 12.1 Å². The molecule has 1 saturated carbocycles. The van der Waals surface area contributed by atoms with Crippen LogP contribution < -0.4 is 11.3 Å². The molecule has 0 aliphatic heterocycles. The second kappa shape index (κ2) is 5.33. The molecule has 1 aromatic carbocycles. The molecule has 0 aromatic heterocycles. The molecule has 19 heavy (non-hydrogen) atoms. The molecule has 1 fully saturated rings. The van der Waals surface area contributed by atoms with E-state index in [4.69, 9.17) is 5.84 Å². The number of carbonyl (C=O) groups excluding carboxylic acids is 1. The monoisotopic (exact) mass is 260 g/mol. The normalized spacial score (nSPS) is 18.1. The van der Waals surface area contributed by atoms with Crippen molar-refractivity contribution in [1.82, 2.24) is 5.43 Å². The predicted molar refractivity (Wildman–Crippen MR) is 77.7 cm³/mol. The number of hydrazine groups is 1. The van der Waals surface area contributed by atoms with Crippen molar-refractivity contribution in [3.8, 4) is 0 Å². The maximum absolute atomic E-state index is 12.4. The van der Waals surface area contributed by atoms with Crippen molar-refractivity contribution in [3.63, 3.8) is 0 Å². The van der Waals surface area contributed by atoms with Gasteiger partial charge in [-0.25, -0.2) is 5.84 Å². The Morgan fingerprint density at radius 1 is 1.11 bits per heavy atom. The Bertz CT molecular complexity index is 465. The Hall–Kier alpha value is -1.35. The summed E-state index contributed by atoms with van der Waals surface area (Å²) in [6, 6.07) is 4.34. The summed E-state index contributed by atoms with van der Waals surface area (Å²) >= 11 is 0. The van der Waals surface area contributed by atoms with Crippen LogP contribution in [0, 0.1) is 20.8 Å². The quantitative estimate of drug-likeness (QED) is 0.488. The van der Waals surface area contributed by atoms with E-state index in [2.05, 4.69) is 38.3 Å². The van der Waals surface area contributed by atoms with Gasteiger partial charge in [-0.1, -0.05) is 37.0 Å². The summed E-state index contributed by atoms with van der Waals surface area (Å²) in [5.74, 6) is 5.43. The van der Waals surface area contributed by atoms with Crippen molar-refractivity contribution in [2.45, 2.75) is 58.3 Å². The van der Waals surface area contributed by atoms with Crippen LogP contribution in [0.3, 0.4) is 0 Å². The Labute approximate surface area is 115 Å². The second-order valence-corrected chi connectivity index (χ2v) is 5.89. The minimum absolute atomic E-state index is 0.0257. The highest BCUT2D eigenvalue weighted by Gasteiger charge is 2.42. The number of hydrogen-bond acceptors (Lipinski definition) is 2. The first-order valence-electron chi connectivity index (χ1n) is 7.10. The van der Waals surface area contributed by atoms with Crippen LogP contribution in [0.1, 0.15) is 54.4 Å². The van der Waals surface area contributed by atoms with Gasteiger partial charge in [0, 0.05) is 0 Å². The van der Waals surface area contributed by atoms with Gasteiger partial charge in [0.05, 0.1) is 5.41 Å². The Morgan fingerprint density at radius 2 is 1.63 bits per heavy atom. The highest BCUT2D eigenvalue weighted by molar-refractivity contribution is 5.88. The number of rotatable bonds is 2. The van der Waals surface area contributed by atoms with E-state index >= 15 is 0 Å². The number of nitrogens with two attached hydrogens (primary N) is 1. The van der Waals surface area contributed by atoms with Gasteiger partial charge in [-0.05, 0) is 50.3 Å². The zero-order valence-corrected chi connectivity index (χ0v) is 12.2. The Kier molecular flexibility index (Phi) is 3.95. The molecule has 0 bridgehead atoms. The molecule has 2 rings (SSSR count). The maximum atomic E-state index is 12.4. The average Bonchev–Trinajstić information content (AvgIpc) is 2.37. The largest absolute Gasteiger partial charge is 0.293 e. The molecule has 3 nitrogen and oxygen atoms in total. The lowest BCUT2D eigenvalue weighted by Gasteiger charge is -2.38. The van der Waals surface area contributed by atoms with Crippen LogP contribution in [0.5, 0.6) is 0 Å². The van der Waals surface area contributed by atoms with Gasteiger partial charge in [0.15, 0.2) is 0 Å². The van der Waals surface area contributed by atoms with Crippen LogP contribution >= 0.6 is 0 Å². The molecule has 3 N–H and O–H groups in total. The van der Waals surface area contributed by atoms with Gasteiger partial charge in [0.1, 0.15) is 0 Å². The fourth-order valence-electron chi connectivity index (χ4n) is 3.82. The molecule has 0 atom stereocenters.